The zero-order valence-corrected chi connectivity index (χ0v) is 16.9. The summed E-state index contributed by atoms with van der Waals surface area (Å²) in [6.07, 6.45) is 2.71. The van der Waals surface area contributed by atoms with Crippen molar-refractivity contribution in [3.8, 4) is 0 Å². The van der Waals surface area contributed by atoms with Crippen LogP contribution in [0.5, 0.6) is 0 Å². The molecular weight excluding hydrogens is 316 g/mol. The molecule has 0 spiro atoms. The largest absolute Gasteiger partial charge is 0.466 e. The fraction of sp³-hybridized carbons (Fsp3) is 0.476. The Kier molecular flexibility index (Phi) is 7.82. The predicted octanol–water partition coefficient (Wildman–Crippen LogP) is 5.79. The van der Waals surface area contributed by atoms with Gasteiger partial charge in [-0.1, -0.05) is 28.9 Å². The van der Waals surface area contributed by atoms with Gasteiger partial charge in [0.25, 0.3) is 0 Å². The third-order valence-corrected chi connectivity index (χ3v) is 5.14. The maximum atomic E-state index is 11.7. The van der Waals surface area contributed by atoms with Gasteiger partial charge in [-0.25, -0.2) is 4.79 Å². The van der Waals surface area contributed by atoms with E-state index in [1.165, 1.54) is 40.5 Å². The molecule has 1 aliphatic carbocycles. The maximum absolute atomic E-state index is 11.7. The van der Waals surface area contributed by atoms with Gasteiger partial charge < -0.3 is 4.74 Å². The van der Waals surface area contributed by atoms with E-state index in [0.717, 1.165) is 22.7 Å². The Labute approximate surface area is 151 Å². The molecule has 0 aromatic heterocycles. The predicted molar refractivity (Wildman–Crippen MR) is 106 cm³/mol. The van der Waals surface area contributed by atoms with Gasteiger partial charge in [-0.05, 0) is 64.3 Å². The molecule has 3 heteroatoms. The van der Waals surface area contributed by atoms with E-state index >= 15 is 0 Å². The summed E-state index contributed by atoms with van der Waals surface area (Å²) in [6, 6.07) is 0. The van der Waals surface area contributed by atoms with E-state index in [9.17, 15) is 4.79 Å². The molecule has 0 fully saturated rings. The van der Waals surface area contributed by atoms with Crippen LogP contribution in [0.15, 0.2) is 57.2 Å². The fourth-order valence-electron chi connectivity index (χ4n) is 2.93. The van der Waals surface area contributed by atoms with Crippen molar-refractivity contribution in [1.82, 2.24) is 0 Å². The molecule has 0 atom stereocenters. The van der Waals surface area contributed by atoms with Crippen molar-refractivity contribution in [3.63, 3.8) is 0 Å². The van der Waals surface area contributed by atoms with Gasteiger partial charge in [0.2, 0.25) is 0 Å². The van der Waals surface area contributed by atoms with E-state index in [2.05, 4.69) is 48.1 Å². The lowest BCUT2D eigenvalue weighted by molar-refractivity contribution is -0.136. The van der Waals surface area contributed by atoms with Crippen LogP contribution in [0.25, 0.3) is 0 Å². The number of carbonyl (C=O) groups excluding carboxylic acids is 1. The van der Waals surface area contributed by atoms with E-state index in [1.54, 1.807) is 0 Å². The second-order valence-corrected chi connectivity index (χ2v) is 7.76. The number of carbonyl (C=O) groups is 1. The van der Waals surface area contributed by atoms with Crippen LogP contribution >= 0.6 is 11.8 Å². The van der Waals surface area contributed by atoms with Gasteiger partial charge >= 0.3 is 5.97 Å². The summed E-state index contributed by atoms with van der Waals surface area (Å²) < 4.78 is 4.83. The smallest absolute Gasteiger partial charge is 0.334 e. The highest BCUT2D eigenvalue weighted by atomic mass is 32.2. The zero-order chi connectivity index (χ0) is 18.4. The summed E-state index contributed by atoms with van der Waals surface area (Å²) >= 11 is 1.89. The lowest BCUT2D eigenvalue weighted by Gasteiger charge is -2.17. The number of ether oxygens (including phenoxy) is 1. The lowest BCUT2D eigenvalue weighted by Crippen LogP contribution is -2.02. The number of allylic oxidation sites excluding steroid dienone is 6. The Hall–Kier alpha value is -1.48. The second kappa shape index (κ2) is 9.12. The zero-order valence-electron chi connectivity index (χ0n) is 16.1. The van der Waals surface area contributed by atoms with Crippen LogP contribution in [0, 0.1) is 0 Å². The Morgan fingerprint density at radius 3 is 2.29 bits per heavy atom. The van der Waals surface area contributed by atoms with E-state index in [0.29, 0.717) is 6.42 Å². The summed E-state index contributed by atoms with van der Waals surface area (Å²) in [5.74, 6) is 1.65. The topological polar surface area (TPSA) is 26.3 Å². The van der Waals surface area contributed by atoms with Crippen LogP contribution in [0.2, 0.25) is 0 Å². The van der Waals surface area contributed by atoms with Gasteiger partial charge in [0, 0.05) is 23.5 Å². The maximum Gasteiger partial charge on any atom is 0.334 e. The van der Waals surface area contributed by atoms with Gasteiger partial charge in [-0.15, -0.1) is 0 Å². The summed E-state index contributed by atoms with van der Waals surface area (Å²) in [5.41, 5.74) is 9.72. The molecule has 0 N–H and O–H groups in total. The number of hydrogen-bond acceptors (Lipinski definition) is 3. The van der Waals surface area contributed by atoms with Crippen molar-refractivity contribution in [2.45, 2.75) is 48.0 Å². The Morgan fingerprint density at radius 1 is 1.21 bits per heavy atom. The molecule has 0 radical (unpaired) electrons. The standard InChI is InChI=1S/C21H30O2S/c1-13(2)19(20(14(3)4)15(5)6)12-24-11-18-10-17(9-16(18)7)21(22)23-8/h10H,3,9,11-12H2,1-2,4-8H3. The fourth-order valence-corrected chi connectivity index (χ4v) is 4.22. The second-order valence-electron chi connectivity index (χ2n) is 6.77. The molecule has 0 aliphatic heterocycles. The lowest BCUT2D eigenvalue weighted by atomic mass is 9.94. The number of thioether (sulfide) groups is 1. The van der Waals surface area contributed by atoms with E-state index in [1.807, 2.05) is 17.8 Å². The van der Waals surface area contributed by atoms with Crippen LogP contribution in [0.4, 0.5) is 0 Å². The highest BCUT2D eigenvalue weighted by Crippen LogP contribution is 2.31. The van der Waals surface area contributed by atoms with Crippen molar-refractivity contribution in [1.29, 1.82) is 0 Å². The van der Waals surface area contributed by atoms with Crippen LogP contribution in [-0.2, 0) is 9.53 Å². The van der Waals surface area contributed by atoms with Crippen molar-refractivity contribution >= 4 is 17.7 Å². The highest BCUT2D eigenvalue weighted by molar-refractivity contribution is 7.99. The molecule has 0 amide bonds. The Bertz CT molecular complexity index is 649. The van der Waals surface area contributed by atoms with Crippen molar-refractivity contribution < 1.29 is 9.53 Å². The molecule has 24 heavy (non-hydrogen) atoms. The Morgan fingerprint density at radius 2 is 1.83 bits per heavy atom. The van der Waals surface area contributed by atoms with Crippen molar-refractivity contribution in [2.75, 3.05) is 18.6 Å². The number of rotatable bonds is 7. The summed E-state index contributed by atoms with van der Waals surface area (Å²) in [6.45, 7) is 16.9. The van der Waals surface area contributed by atoms with Crippen molar-refractivity contribution in [2.24, 2.45) is 0 Å². The van der Waals surface area contributed by atoms with Gasteiger partial charge in [0.1, 0.15) is 0 Å². The molecule has 0 saturated heterocycles. The molecule has 2 nitrogen and oxygen atoms in total. The van der Waals surface area contributed by atoms with Gasteiger partial charge in [-0.2, -0.15) is 11.8 Å². The van der Waals surface area contributed by atoms with Gasteiger partial charge in [-0.3, -0.25) is 0 Å². The van der Waals surface area contributed by atoms with Crippen LogP contribution < -0.4 is 0 Å². The minimum Gasteiger partial charge on any atom is -0.466 e. The number of esters is 1. The SMILES string of the molecule is C=C(C)C(=C(C)C)C(CSCC1=C(C)CC(C(=O)OC)=C1)=C(C)C. The summed E-state index contributed by atoms with van der Waals surface area (Å²) in [5, 5.41) is 0. The quantitative estimate of drug-likeness (QED) is 0.431. The summed E-state index contributed by atoms with van der Waals surface area (Å²) in [4.78, 5) is 11.7. The van der Waals surface area contributed by atoms with Crippen LogP contribution in [0.1, 0.15) is 48.0 Å². The van der Waals surface area contributed by atoms with E-state index in [4.69, 9.17) is 4.74 Å². The first kappa shape index (κ1) is 20.6. The average Bonchev–Trinajstić information content (AvgIpc) is 2.85. The molecule has 0 saturated carbocycles. The molecule has 0 aromatic rings. The summed E-state index contributed by atoms with van der Waals surface area (Å²) in [7, 11) is 1.44. The molecule has 1 rings (SSSR count). The number of methoxy groups -OCH3 is 1. The number of hydrogen-bond donors (Lipinski definition) is 0. The first-order chi connectivity index (χ1) is 11.2. The van der Waals surface area contributed by atoms with Crippen molar-refractivity contribution in [3.05, 3.63) is 57.2 Å². The van der Waals surface area contributed by atoms with Gasteiger partial charge in [0.15, 0.2) is 0 Å². The van der Waals surface area contributed by atoms with Crippen LogP contribution in [-0.4, -0.2) is 24.6 Å². The third-order valence-electron chi connectivity index (χ3n) is 4.14. The van der Waals surface area contributed by atoms with E-state index < -0.39 is 0 Å². The molecule has 0 unspecified atom stereocenters. The molecule has 0 aromatic carbocycles. The highest BCUT2D eigenvalue weighted by Gasteiger charge is 2.19. The molecular formula is C21H30O2S. The third kappa shape index (κ3) is 5.27. The Balaban J connectivity index is 2.82. The molecule has 0 heterocycles. The first-order valence-electron chi connectivity index (χ1n) is 8.24. The minimum absolute atomic E-state index is 0.214. The average molecular weight is 347 g/mol. The minimum atomic E-state index is -0.214. The molecule has 0 bridgehead atoms. The first-order valence-corrected chi connectivity index (χ1v) is 9.39. The normalized spacial score (nSPS) is 13.5. The van der Waals surface area contributed by atoms with Gasteiger partial charge in [0.05, 0.1) is 7.11 Å². The monoisotopic (exact) mass is 346 g/mol. The molecule has 1 aliphatic rings. The molecule has 132 valence electrons. The van der Waals surface area contributed by atoms with Crippen LogP contribution in [0.3, 0.4) is 0 Å². The van der Waals surface area contributed by atoms with E-state index in [-0.39, 0.29) is 5.97 Å².